The standard InChI is InChI=1S/C14H8BrFN4OS/c15-10-5-9(6-17-7-10)13(21)19-14-18-12(20-22-14)8-1-3-11(16)4-2-8/h1-7H,(H,18,19,20,21). The van der Waals surface area contributed by atoms with Gasteiger partial charge in [-0.3, -0.25) is 15.1 Å². The lowest BCUT2D eigenvalue weighted by atomic mass is 10.2. The largest absolute Gasteiger partial charge is 0.297 e. The molecule has 110 valence electrons. The Morgan fingerprint density at radius 2 is 2.00 bits per heavy atom. The van der Waals surface area contributed by atoms with Crippen LogP contribution in [0.2, 0.25) is 0 Å². The molecule has 0 radical (unpaired) electrons. The number of rotatable bonds is 3. The maximum absolute atomic E-state index is 12.9. The minimum Gasteiger partial charge on any atom is -0.297 e. The number of nitrogens with one attached hydrogen (secondary N) is 1. The van der Waals surface area contributed by atoms with E-state index >= 15 is 0 Å². The lowest BCUT2D eigenvalue weighted by molar-refractivity contribution is 0.102. The molecule has 5 nitrogen and oxygen atoms in total. The topological polar surface area (TPSA) is 67.8 Å². The van der Waals surface area contributed by atoms with Crippen LogP contribution in [-0.4, -0.2) is 20.2 Å². The summed E-state index contributed by atoms with van der Waals surface area (Å²) in [5, 5.41) is 3.02. The number of hydrogen-bond acceptors (Lipinski definition) is 5. The van der Waals surface area contributed by atoms with E-state index in [1.807, 2.05) is 0 Å². The molecular weight excluding hydrogens is 371 g/mol. The highest BCUT2D eigenvalue weighted by Crippen LogP contribution is 2.22. The number of carbonyl (C=O) groups excluding carboxylic acids is 1. The molecule has 0 aliphatic rings. The van der Waals surface area contributed by atoms with Crippen LogP contribution in [0.1, 0.15) is 10.4 Å². The molecule has 3 aromatic rings. The van der Waals surface area contributed by atoms with Crippen LogP contribution in [0.25, 0.3) is 11.4 Å². The molecule has 2 aromatic heterocycles. The summed E-state index contributed by atoms with van der Waals surface area (Å²) in [4.78, 5) is 20.2. The number of halogens is 2. The fourth-order valence-electron chi connectivity index (χ4n) is 1.70. The maximum atomic E-state index is 12.9. The molecule has 0 aliphatic carbocycles. The van der Waals surface area contributed by atoms with Crippen molar-refractivity contribution >= 4 is 38.5 Å². The number of anilines is 1. The fraction of sp³-hybridized carbons (Fsp3) is 0. The molecule has 1 aromatic carbocycles. The Morgan fingerprint density at radius 3 is 2.73 bits per heavy atom. The number of pyridine rings is 1. The summed E-state index contributed by atoms with van der Waals surface area (Å²) < 4.78 is 17.8. The number of amides is 1. The van der Waals surface area contributed by atoms with Gasteiger partial charge in [-0.15, -0.1) is 0 Å². The minimum absolute atomic E-state index is 0.324. The van der Waals surface area contributed by atoms with E-state index in [0.717, 1.165) is 11.5 Å². The molecule has 1 N–H and O–H groups in total. The Balaban J connectivity index is 1.77. The van der Waals surface area contributed by atoms with Gasteiger partial charge in [0.25, 0.3) is 5.91 Å². The first-order valence-corrected chi connectivity index (χ1v) is 7.70. The minimum atomic E-state index is -0.324. The van der Waals surface area contributed by atoms with Crippen molar-refractivity contribution in [1.82, 2.24) is 14.3 Å². The van der Waals surface area contributed by atoms with Crippen molar-refractivity contribution < 1.29 is 9.18 Å². The highest BCUT2D eigenvalue weighted by molar-refractivity contribution is 9.10. The van der Waals surface area contributed by atoms with Gasteiger partial charge < -0.3 is 0 Å². The Bertz CT molecular complexity index is 822. The van der Waals surface area contributed by atoms with Crippen molar-refractivity contribution in [3.05, 3.63) is 58.6 Å². The zero-order valence-electron chi connectivity index (χ0n) is 11.0. The number of nitrogens with zero attached hydrogens (tertiary/aromatic N) is 3. The molecule has 0 unspecified atom stereocenters. The summed E-state index contributed by atoms with van der Waals surface area (Å²) in [5.74, 6) is -0.210. The van der Waals surface area contributed by atoms with E-state index in [1.165, 1.54) is 18.3 Å². The molecule has 1 amide bonds. The van der Waals surface area contributed by atoms with Gasteiger partial charge >= 0.3 is 0 Å². The van der Waals surface area contributed by atoms with Crippen LogP contribution in [0.5, 0.6) is 0 Å². The average Bonchev–Trinajstić information content (AvgIpc) is 2.96. The van der Waals surface area contributed by atoms with Crippen LogP contribution in [0, 0.1) is 5.82 Å². The van der Waals surface area contributed by atoms with E-state index in [9.17, 15) is 9.18 Å². The van der Waals surface area contributed by atoms with Crippen molar-refractivity contribution in [2.75, 3.05) is 5.32 Å². The van der Waals surface area contributed by atoms with Crippen molar-refractivity contribution in [1.29, 1.82) is 0 Å². The molecule has 3 rings (SSSR count). The first-order valence-electron chi connectivity index (χ1n) is 6.13. The molecule has 0 bridgehead atoms. The molecule has 0 saturated heterocycles. The van der Waals surface area contributed by atoms with Gasteiger partial charge in [0.2, 0.25) is 5.13 Å². The van der Waals surface area contributed by atoms with Crippen molar-refractivity contribution in [3.8, 4) is 11.4 Å². The molecule has 2 heterocycles. The highest BCUT2D eigenvalue weighted by atomic mass is 79.9. The number of hydrogen-bond donors (Lipinski definition) is 1. The molecule has 8 heteroatoms. The fourth-order valence-corrected chi connectivity index (χ4v) is 2.65. The van der Waals surface area contributed by atoms with Crippen LogP contribution in [0.3, 0.4) is 0 Å². The van der Waals surface area contributed by atoms with Crippen LogP contribution >= 0.6 is 27.5 Å². The van der Waals surface area contributed by atoms with Crippen molar-refractivity contribution in [2.45, 2.75) is 0 Å². The van der Waals surface area contributed by atoms with Gasteiger partial charge in [0.15, 0.2) is 5.82 Å². The van der Waals surface area contributed by atoms with Gasteiger partial charge in [0, 0.05) is 34.0 Å². The third kappa shape index (κ3) is 3.34. The summed E-state index contributed by atoms with van der Waals surface area (Å²) in [6.07, 6.45) is 3.05. The first-order chi connectivity index (χ1) is 10.6. The predicted octanol–water partition coefficient (Wildman–Crippen LogP) is 3.75. The van der Waals surface area contributed by atoms with E-state index in [0.29, 0.717) is 26.6 Å². The highest BCUT2D eigenvalue weighted by Gasteiger charge is 2.12. The zero-order valence-corrected chi connectivity index (χ0v) is 13.4. The van der Waals surface area contributed by atoms with Crippen LogP contribution in [0.15, 0.2) is 47.2 Å². The number of benzene rings is 1. The average molecular weight is 379 g/mol. The lowest BCUT2D eigenvalue weighted by Crippen LogP contribution is -2.11. The summed E-state index contributed by atoms with van der Waals surface area (Å²) in [7, 11) is 0. The smallest absolute Gasteiger partial charge is 0.259 e. The lowest BCUT2D eigenvalue weighted by Gasteiger charge is -2.00. The third-order valence-electron chi connectivity index (χ3n) is 2.72. The van der Waals surface area contributed by atoms with Gasteiger partial charge in [-0.1, -0.05) is 0 Å². The van der Waals surface area contributed by atoms with Gasteiger partial charge in [-0.25, -0.2) is 4.39 Å². The third-order valence-corrected chi connectivity index (χ3v) is 3.78. The van der Waals surface area contributed by atoms with E-state index in [4.69, 9.17) is 0 Å². The zero-order chi connectivity index (χ0) is 15.5. The van der Waals surface area contributed by atoms with E-state index in [2.05, 4.69) is 35.6 Å². The first kappa shape index (κ1) is 14.7. The van der Waals surface area contributed by atoms with Gasteiger partial charge in [0.05, 0.1) is 5.56 Å². The monoisotopic (exact) mass is 378 g/mol. The molecular formula is C14H8BrFN4OS. The van der Waals surface area contributed by atoms with Crippen LogP contribution in [-0.2, 0) is 0 Å². The quantitative estimate of drug-likeness (QED) is 0.753. The second-order valence-electron chi connectivity index (χ2n) is 4.28. The maximum Gasteiger partial charge on any atom is 0.259 e. The molecule has 0 atom stereocenters. The van der Waals surface area contributed by atoms with Crippen molar-refractivity contribution in [2.24, 2.45) is 0 Å². The molecule has 0 aliphatic heterocycles. The predicted molar refractivity (Wildman–Crippen MR) is 85.2 cm³/mol. The summed E-state index contributed by atoms with van der Waals surface area (Å²) in [6.45, 7) is 0. The molecule has 0 fully saturated rings. The van der Waals surface area contributed by atoms with Gasteiger partial charge in [-0.05, 0) is 46.3 Å². The van der Waals surface area contributed by atoms with Crippen LogP contribution in [0.4, 0.5) is 9.52 Å². The Labute approximate surface area is 137 Å². The molecule has 22 heavy (non-hydrogen) atoms. The second-order valence-corrected chi connectivity index (χ2v) is 5.94. The van der Waals surface area contributed by atoms with E-state index < -0.39 is 0 Å². The normalized spacial score (nSPS) is 10.5. The SMILES string of the molecule is O=C(Nc1nc(-c2ccc(F)cc2)ns1)c1cncc(Br)c1. The molecule has 0 saturated carbocycles. The van der Waals surface area contributed by atoms with Gasteiger partial charge in [0.1, 0.15) is 5.82 Å². The number of carbonyl (C=O) groups is 1. The number of aromatic nitrogens is 3. The molecule has 0 spiro atoms. The Kier molecular flexibility index (Phi) is 4.21. The summed E-state index contributed by atoms with van der Waals surface area (Å²) >= 11 is 4.31. The summed E-state index contributed by atoms with van der Waals surface area (Å²) in [5.41, 5.74) is 1.09. The summed E-state index contributed by atoms with van der Waals surface area (Å²) in [6, 6.07) is 7.50. The van der Waals surface area contributed by atoms with E-state index in [-0.39, 0.29) is 11.7 Å². The Hall–Kier alpha value is -2.19. The van der Waals surface area contributed by atoms with Gasteiger partial charge in [-0.2, -0.15) is 9.36 Å². The van der Waals surface area contributed by atoms with E-state index in [1.54, 1.807) is 24.4 Å². The van der Waals surface area contributed by atoms with Crippen molar-refractivity contribution in [3.63, 3.8) is 0 Å². The Morgan fingerprint density at radius 1 is 1.23 bits per heavy atom. The second kappa shape index (κ2) is 6.29. The van der Waals surface area contributed by atoms with Crippen LogP contribution < -0.4 is 5.32 Å².